The molecule has 4 aromatic rings. The number of hydrogen-bond donors (Lipinski definition) is 0. The van der Waals surface area contributed by atoms with E-state index in [4.69, 9.17) is 7.76 Å². The standard InChI is InChI=1S/C50H78N2.2C7H7O.Ni/c1-5-9-13-14-15-16-17-18-19-20-21-22-23-24-25-26-27-28-29-30-36-44-37-31-32-41-46(44)50-48(40-12-8-4)47(39-11-7-3)49(52(50)51)45-38-33-35-43(42-45)34-10-6-2;2*8-6-7-4-2-1-3-5-7;/h28-29,31-33,35,37-38,41-42H,5-27,30,34,36,39-40H2,1-4H3;2*1-5H,6H2;/q;2*-1;+2. The van der Waals surface area contributed by atoms with Gasteiger partial charge in [0.15, 0.2) is 0 Å². The summed E-state index contributed by atoms with van der Waals surface area (Å²) in [5, 5.41) is 0. The van der Waals surface area contributed by atoms with Crippen LogP contribution in [-0.2, 0) is 48.9 Å². The van der Waals surface area contributed by atoms with Crippen molar-refractivity contribution in [3.05, 3.63) is 171 Å². The monoisotopic (exact) mass is 979 g/mol. The zero-order valence-electron chi connectivity index (χ0n) is 43.8. The first-order chi connectivity index (χ1) is 34.1. The van der Waals surface area contributed by atoms with E-state index in [2.05, 4.69) is 88.4 Å². The van der Waals surface area contributed by atoms with Gasteiger partial charge in [0.1, 0.15) is 0 Å². The van der Waals surface area contributed by atoms with Crippen molar-refractivity contribution in [3.63, 3.8) is 0 Å². The van der Waals surface area contributed by atoms with Crippen LogP contribution in [0.1, 0.15) is 228 Å². The second-order valence-electron chi connectivity index (χ2n) is 19.2. The van der Waals surface area contributed by atoms with Crippen molar-refractivity contribution in [1.82, 2.24) is 0 Å². The summed E-state index contributed by atoms with van der Waals surface area (Å²) in [5.74, 6) is 0. The van der Waals surface area contributed by atoms with Gasteiger partial charge >= 0.3 is 108 Å². The van der Waals surface area contributed by atoms with Crippen LogP contribution in [0, 0.1) is 0 Å². The first kappa shape index (κ1) is 57.7. The molecule has 0 radical (unpaired) electrons. The van der Waals surface area contributed by atoms with Gasteiger partial charge in [0.05, 0.1) is 0 Å². The van der Waals surface area contributed by atoms with Gasteiger partial charge < -0.3 is 5.53 Å². The molecule has 0 fully saturated rings. The molecule has 0 atom stereocenters. The minimum atomic E-state index is 0.565. The summed E-state index contributed by atoms with van der Waals surface area (Å²) in [5.41, 5.74) is 24.2. The van der Waals surface area contributed by atoms with Gasteiger partial charge in [0, 0.05) is 22.3 Å². The molecule has 380 valence electrons. The van der Waals surface area contributed by atoms with Gasteiger partial charge in [-0.25, -0.2) is 4.70 Å². The molecule has 0 spiro atoms. The van der Waals surface area contributed by atoms with Crippen LogP contribution >= 0.6 is 0 Å². The molecule has 0 bridgehead atoms. The number of benzene rings is 4. The summed E-state index contributed by atoms with van der Waals surface area (Å²) in [7, 11) is 0. The van der Waals surface area contributed by atoms with Crippen LogP contribution in [0.2, 0.25) is 0 Å². The third-order valence-electron chi connectivity index (χ3n) is 13.4. The van der Waals surface area contributed by atoms with Crippen molar-refractivity contribution in [3.8, 4) is 0 Å². The number of allylic oxidation sites excluding steroid dienone is 4. The van der Waals surface area contributed by atoms with Crippen LogP contribution in [0.25, 0.3) is 16.9 Å². The maximum absolute atomic E-state index is 12.1. The molecular formula is C64H92N2NiO2. The van der Waals surface area contributed by atoms with E-state index in [0.717, 1.165) is 101 Å². The Morgan fingerprint density at radius 2 is 0.870 bits per heavy atom. The molecule has 0 saturated carbocycles. The van der Waals surface area contributed by atoms with E-state index >= 15 is 0 Å². The number of rotatable bonds is 37. The van der Waals surface area contributed by atoms with Crippen LogP contribution in [-0.4, -0.2) is 4.70 Å². The summed E-state index contributed by atoms with van der Waals surface area (Å²) < 4.78 is 12.3. The van der Waals surface area contributed by atoms with Crippen LogP contribution in [0.3, 0.4) is 0 Å². The quantitative estimate of drug-likeness (QED) is 0.0196. The van der Waals surface area contributed by atoms with Crippen LogP contribution in [0.4, 0.5) is 0 Å². The van der Waals surface area contributed by atoms with E-state index < -0.39 is 0 Å². The molecule has 1 heterocycles. The molecule has 4 nitrogen and oxygen atoms in total. The van der Waals surface area contributed by atoms with Crippen molar-refractivity contribution in [2.45, 2.75) is 221 Å². The van der Waals surface area contributed by atoms with Crippen molar-refractivity contribution in [1.29, 1.82) is 0 Å². The Kier molecular flexibility index (Phi) is 31.7. The van der Waals surface area contributed by atoms with Gasteiger partial charge in [0.25, 0.3) is 0 Å². The van der Waals surface area contributed by atoms with Crippen LogP contribution < -0.4 is 0 Å². The zero-order chi connectivity index (χ0) is 48.8. The van der Waals surface area contributed by atoms with Crippen LogP contribution in [0.15, 0.2) is 132 Å². The number of unbranched alkanes of at least 4 members (excludes halogenated alkanes) is 19. The Bertz CT molecular complexity index is 2000. The normalized spacial score (nSPS) is 12.7. The Morgan fingerprint density at radius 1 is 0.420 bits per heavy atom. The maximum atomic E-state index is 12.1. The van der Waals surface area contributed by atoms with Crippen molar-refractivity contribution in [2.75, 3.05) is 0 Å². The molecule has 5 rings (SSSR count). The fraction of sp³-hybridized carbons (Fsp3) is 0.531. The number of hydrogen-bond acceptors (Lipinski definition) is 2. The predicted octanol–water partition coefficient (Wildman–Crippen LogP) is 20.1. The summed E-state index contributed by atoms with van der Waals surface area (Å²) in [6.45, 7) is 10.2. The predicted molar refractivity (Wildman–Crippen MR) is 292 cm³/mol. The van der Waals surface area contributed by atoms with Gasteiger partial charge in [-0.3, -0.25) is 0 Å². The fourth-order valence-corrected chi connectivity index (χ4v) is 9.83. The SMILES string of the molecule is CCCCCCCCCCCCCCCCCCC=CCCc1ccccc1C1=C(CCCC)C(CCCC)=C(c2cccc(CCCC)c2)[N+]1=[N-].c1ccc(C[O][Ni][O]Cc2ccccc2)cc1. The molecule has 4 aromatic carbocycles. The minimum absolute atomic E-state index is 0.565. The Balaban J connectivity index is 0.000000507. The summed E-state index contributed by atoms with van der Waals surface area (Å²) in [6.07, 6.45) is 40.9. The topological polar surface area (TPSA) is 43.8 Å². The molecule has 0 saturated heterocycles. The Hall–Kier alpha value is -3.89. The first-order valence-electron chi connectivity index (χ1n) is 27.8. The van der Waals surface area contributed by atoms with E-state index in [9.17, 15) is 5.53 Å². The van der Waals surface area contributed by atoms with Gasteiger partial charge in [-0.15, -0.1) is 0 Å². The second kappa shape index (κ2) is 37.9. The van der Waals surface area contributed by atoms with E-state index in [1.54, 1.807) is 4.70 Å². The fourth-order valence-electron chi connectivity index (χ4n) is 9.30. The molecule has 0 aliphatic carbocycles. The zero-order valence-corrected chi connectivity index (χ0v) is 44.8. The van der Waals surface area contributed by atoms with E-state index in [0.29, 0.717) is 13.2 Å². The van der Waals surface area contributed by atoms with E-state index in [1.807, 2.05) is 60.7 Å². The third kappa shape index (κ3) is 23.3. The number of aryl methyl sites for hydroxylation is 2. The summed E-state index contributed by atoms with van der Waals surface area (Å²) in [6, 6.07) is 37.9. The average molecular weight is 980 g/mol. The number of nitrogens with zero attached hydrogens (tertiary/aromatic N) is 2. The van der Waals surface area contributed by atoms with Crippen molar-refractivity contribution < 1.29 is 27.5 Å². The molecule has 5 heteroatoms. The van der Waals surface area contributed by atoms with Gasteiger partial charge in [0.2, 0.25) is 11.4 Å². The second-order valence-corrected chi connectivity index (χ2v) is 20.0. The molecule has 1 aliphatic heterocycles. The van der Waals surface area contributed by atoms with Gasteiger partial charge in [-0.1, -0.05) is 186 Å². The van der Waals surface area contributed by atoms with E-state index in [1.165, 1.54) is 150 Å². The van der Waals surface area contributed by atoms with Gasteiger partial charge in [-0.05, 0) is 93.5 Å². The summed E-state index contributed by atoms with van der Waals surface area (Å²) in [4.78, 5) is 0. The van der Waals surface area contributed by atoms with Crippen LogP contribution in [0.5, 0.6) is 0 Å². The first-order valence-corrected chi connectivity index (χ1v) is 28.6. The molecule has 1 aliphatic rings. The van der Waals surface area contributed by atoms with Crippen molar-refractivity contribution in [2.24, 2.45) is 0 Å². The molecule has 69 heavy (non-hydrogen) atoms. The van der Waals surface area contributed by atoms with E-state index in [-0.39, 0.29) is 0 Å². The third-order valence-corrected chi connectivity index (χ3v) is 13.9. The Labute approximate surface area is 428 Å². The van der Waals surface area contributed by atoms with Gasteiger partial charge in [-0.2, -0.15) is 0 Å². The molecule has 0 amide bonds. The molecule has 0 aromatic heterocycles. The summed E-state index contributed by atoms with van der Waals surface area (Å²) >= 11 is 0.863. The Morgan fingerprint density at radius 3 is 1.42 bits per heavy atom. The average Bonchev–Trinajstić information content (AvgIpc) is 3.66. The molecule has 0 unspecified atom stereocenters. The van der Waals surface area contributed by atoms with Crippen molar-refractivity contribution >= 4 is 11.4 Å². The molecular weight excluding hydrogens is 887 g/mol. The molecule has 0 N–H and O–H groups in total.